The van der Waals surface area contributed by atoms with Crippen LogP contribution in [-0.2, 0) is 4.79 Å². The average molecular weight is 378 g/mol. The second-order valence-electron chi connectivity index (χ2n) is 5.85. The molecule has 0 spiro atoms. The zero-order valence-corrected chi connectivity index (χ0v) is 15.7. The highest BCUT2D eigenvalue weighted by molar-refractivity contribution is 7.99. The standard InChI is InChI=1S/C16H22N6O3S/c1-10(2)8-18-15(24)19-13(23)9-26-16-21-20-14(22(16)17)11-4-6-12(25-3)7-5-11/h4-7,10H,8-9,17H2,1-3H3,(H2,18,19,23,24). The van der Waals surface area contributed by atoms with Crippen molar-refractivity contribution in [2.45, 2.75) is 19.0 Å². The van der Waals surface area contributed by atoms with Crippen LogP contribution in [0.2, 0.25) is 0 Å². The lowest BCUT2D eigenvalue weighted by Crippen LogP contribution is -2.41. The van der Waals surface area contributed by atoms with Gasteiger partial charge in [0.2, 0.25) is 11.1 Å². The number of rotatable bonds is 7. The molecule has 0 saturated carbocycles. The number of imide groups is 1. The highest BCUT2D eigenvalue weighted by Gasteiger charge is 2.15. The van der Waals surface area contributed by atoms with Crippen molar-refractivity contribution < 1.29 is 14.3 Å². The Labute approximate surface area is 155 Å². The number of nitrogen functional groups attached to an aromatic ring is 1. The number of hydrogen-bond donors (Lipinski definition) is 3. The molecule has 1 aromatic heterocycles. The third-order valence-electron chi connectivity index (χ3n) is 3.27. The van der Waals surface area contributed by atoms with Crippen LogP contribution in [0.3, 0.4) is 0 Å². The maximum Gasteiger partial charge on any atom is 0.321 e. The molecule has 4 N–H and O–H groups in total. The van der Waals surface area contributed by atoms with Crippen molar-refractivity contribution >= 4 is 23.7 Å². The number of nitrogens with one attached hydrogen (secondary N) is 2. The summed E-state index contributed by atoms with van der Waals surface area (Å²) in [5, 5.41) is 13.3. The fourth-order valence-corrected chi connectivity index (χ4v) is 2.60. The van der Waals surface area contributed by atoms with Crippen LogP contribution in [0, 0.1) is 5.92 Å². The van der Waals surface area contributed by atoms with Gasteiger partial charge in [-0.05, 0) is 30.2 Å². The number of nitrogens with zero attached hydrogens (tertiary/aromatic N) is 3. The maximum absolute atomic E-state index is 11.8. The number of methoxy groups -OCH3 is 1. The zero-order valence-electron chi connectivity index (χ0n) is 14.9. The summed E-state index contributed by atoms with van der Waals surface area (Å²) < 4.78 is 6.42. The van der Waals surface area contributed by atoms with Gasteiger partial charge >= 0.3 is 6.03 Å². The monoisotopic (exact) mass is 378 g/mol. The summed E-state index contributed by atoms with van der Waals surface area (Å²) in [5.41, 5.74) is 0.769. The van der Waals surface area contributed by atoms with Crippen molar-refractivity contribution in [3.63, 3.8) is 0 Å². The SMILES string of the molecule is COc1ccc(-c2nnc(SCC(=O)NC(=O)NCC(C)C)n2N)cc1. The summed E-state index contributed by atoms with van der Waals surface area (Å²) >= 11 is 1.09. The van der Waals surface area contributed by atoms with E-state index in [-0.39, 0.29) is 5.75 Å². The Bertz CT molecular complexity index is 760. The Morgan fingerprint density at radius 3 is 2.58 bits per heavy atom. The van der Waals surface area contributed by atoms with Gasteiger partial charge in [-0.2, -0.15) is 0 Å². The molecule has 0 radical (unpaired) electrons. The molecule has 0 aliphatic carbocycles. The fraction of sp³-hybridized carbons (Fsp3) is 0.375. The van der Waals surface area contributed by atoms with Gasteiger partial charge in [0.15, 0.2) is 5.82 Å². The second-order valence-corrected chi connectivity index (χ2v) is 6.79. The van der Waals surface area contributed by atoms with Crippen LogP contribution in [0.25, 0.3) is 11.4 Å². The first-order valence-corrected chi connectivity index (χ1v) is 8.94. The minimum atomic E-state index is -0.516. The first-order chi connectivity index (χ1) is 12.4. The number of carbonyl (C=O) groups excluding carboxylic acids is 2. The van der Waals surface area contributed by atoms with Crippen molar-refractivity contribution in [1.82, 2.24) is 25.5 Å². The molecule has 0 unspecified atom stereocenters. The molecule has 0 aliphatic heterocycles. The summed E-state index contributed by atoms with van der Waals surface area (Å²) in [6, 6.07) is 6.69. The third-order valence-corrected chi connectivity index (χ3v) is 4.21. The van der Waals surface area contributed by atoms with Crippen LogP contribution in [-0.4, -0.2) is 46.2 Å². The average Bonchev–Trinajstić information content (AvgIpc) is 2.99. The van der Waals surface area contributed by atoms with Crippen molar-refractivity contribution in [2.24, 2.45) is 5.92 Å². The van der Waals surface area contributed by atoms with E-state index >= 15 is 0 Å². The van der Waals surface area contributed by atoms with E-state index in [4.69, 9.17) is 10.6 Å². The number of amides is 3. The Kier molecular flexibility index (Phi) is 6.84. The number of carbonyl (C=O) groups is 2. The summed E-state index contributed by atoms with van der Waals surface area (Å²) in [4.78, 5) is 23.4. The van der Waals surface area contributed by atoms with Crippen LogP contribution in [0.15, 0.2) is 29.4 Å². The van der Waals surface area contributed by atoms with Crippen LogP contribution >= 0.6 is 11.8 Å². The number of ether oxygens (including phenoxy) is 1. The lowest BCUT2D eigenvalue weighted by molar-refractivity contribution is -0.117. The second kappa shape index (κ2) is 9.09. The molecular weight excluding hydrogens is 356 g/mol. The van der Waals surface area contributed by atoms with Crippen LogP contribution in [0.1, 0.15) is 13.8 Å². The van der Waals surface area contributed by atoms with Gasteiger partial charge in [0.25, 0.3) is 0 Å². The lowest BCUT2D eigenvalue weighted by Gasteiger charge is -2.08. The molecule has 0 atom stereocenters. The number of hydrogen-bond acceptors (Lipinski definition) is 7. The Balaban J connectivity index is 1.91. The minimum absolute atomic E-state index is 0.00690. The highest BCUT2D eigenvalue weighted by Crippen LogP contribution is 2.23. The van der Waals surface area contributed by atoms with E-state index in [9.17, 15) is 9.59 Å². The van der Waals surface area contributed by atoms with E-state index in [0.29, 0.717) is 23.4 Å². The largest absolute Gasteiger partial charge is 0.497 e. The van der Waals surface area contributed by atoms with E-state index in [1.165, 1.54) is 4.68 Å². The predicted molar refractivity (Wildman–Crippen MR) is 99.3 cm³/mol. The third kappa shape index (κ3) is 5.38. The van der Waals surface area contributed by atoms with E-state index in [1.54, 1.807) is 19.2 Å². The van der Waals surface area contributed by atoms with E-state index < -0.39 is 11.9 Å². The van der Waals surface area contributed by atoms with Gasteiger partial charge in [0.05, 0.1) is 12.9 Å². The van der Waals surface area contributed by atoms with E-state index in [2.05, 4.69) is 20.8 Å². The molecule has 26 heavy (non-hydrogen) atoms. The summed E-state index contributed by atoms with van der Waals surface area (Å²) in [5.74, 6) is 7.04. The van der Waals surface area contributed by atoms with Gasteiger partial charge in [-0.3, -0.25) is 10.1 Å². The minimum Gasteiger partial charge on any atom is -0.497 e. The van der Waals surface area contributed by atoms with Crippen LogP contribution in [0.4, 0.5) is 4.79 Å². The van der Waals surface area contributed by atoms with Gasteiger partial charge in [0, 0.05) is 12.1 Å². The van der Waals surface area contributed by atoms with Crippen LogP contribution < -0.4 is 21.2 Å². The van der Waals surface area contributed by atoms with E-state index in [0.717, 1.165) is 23.1 Å². The summed E-state index contributed by atoms with van der Waals surface area (Å²) in [6.45, 7) is 4.42. The van der Waals surface area contributed by atoms with Gasteiger partial charge in [-0.25, -0.2) is 9.47 Å². The molecule has 10 heteroatoms. The predicted octanol–water partition coefficient (Wildman–Crippen LogP) is 1.24. The van der Waals surface area contributed by atoms with Crippen molar-refractivity contribution in [1.29, 1.82) is 0 Å². The number of aromatic nitrogens is 3. The molecule has 9 nitrogen and oxygen atoms in total. The number of urea groups is 1. The van der Waals surface area contributed by atoms with E-state index in [1.807, 2.05) is 26.0 Å². The molecule has 140 valence electrons. The first kappa shape index (κ1) is 19.6. The topological polar surface area (TPSA) is 124 Å². The molecule has 0 bridgehead atoms. The molecule has 0 aliphatic rings. The molecule has 1 heterocycles. The number of benzene rings is 1. The quantitative estimate of drug-likeness (QED) is 0.489. The maximum atomic E-state index is 11.8. The molecule has 2 aromatic rings. The van der Waals surface area contributed by atoms with Crippen molar-refractivity contribution in [3.8, 4) is 17.1 Å². The Morgan fingerprint density at radius 1 is 1.27 bits per heavy atom. The molecule has 0 fully saturated rings. The molecular formula is C16H22N6O3S. The Morgan fingerprint density at radius 2 is 1.96 bits per heavy atom. The first-order valence-electron chi connectivity index (χ1n) is 7.96. The summed E-state index contributed by atoms with van der Waals surface area (Å²) in [6.07, 6.45) is 0. The molecule has 2 rings (SSSR count). The van der Waals surface area contributed by atoms with Gasteiger partial charge in [-0.1, -0.05) is 25.6 Å². The van der Waals surface area contributed by atoms with Gasteiger partial charge in [-0.15, -0.1) is 10.2 Å². The van der Waals surface area contributed by atoms with Crippen molar-refractivity contribution in [2.75, 3.05) is 25.3 Å². The number of thioether (sulfide) groups is 1. The molecule has 0 saturated heterocycles. The number of nitrogens with two attached hydrogens (primary N) is 1. The highest BCUT2D eigenvalue weighted by atomic mass is 32.2. The summed E-state index contributed by atoms with van der Waals surface area (Å²) in [7, 11) is 1.59. The molecule has 1 aromatic carbocycles. The Hall–Kier alpha value is -2.75. The lowest BCUT2D eigenvalue weighted by atomic mass is 10.2. The fourth-order valence-electron chi connectivity index (χ4n) is 1.95. The smallest absolute Gasteiger partial charge is 0.321 e. The van der Waals surface area contributed by atoms with Gasteiger partial charge in [0.1, 0.15) is 5.75 Å². The van der Waals surface area contributed by atoms with Crippen LogP contribution in [0.5, 0.6) is 5.75 Å². The zero-order chi connectivity index (χ0) is 19.1. The normalized spacial score (nSPS) is 10.6. The van der Waals surface area contributed by atoms with Crippen molar-refractivity contribution in [3.05, 3.63) is 24.3 Å². The molecule has 3 amide bonds. The van der Waals surface area contributed by atoms with Gasteiger partial charge < -0.3 is 15.9 Å².